The Morgan fingerprint density at radius 3 is 2.93 bits per heavy atom. The quantitative estimate of drug-likeness (QED) is 0.759. The first-order chi connectivity index (χ1) is 6.27. The molecule has 14 heavy (non-hydrogen) atoms. The fraction of sp³-hybridized carbons (Fsp3) is 0.500. The SMILES string of the molecule is Cl.Cn1ccsc1=NC(=O)[C@H]1CCN1. The van der Waals surface area contributed by atoms with Crippen LogP contribution in [-0.2, 0) is 11.8 Å². The minimum absolute atomic E-state index is 0. The molecule has 2 rings (SSSR count). The average Bonchev–Trinajstić information content (AvgIpc) is 2.32. The van der Waals surface area contributed by atoms with Gasteiger partial charge in [-0.25, -0.2) is 0 Å². The third-order valence-electron chi connectivity index (χ3n) is 2.09. The van der Waals surface area contributed by atoms with Gasteiger partial charge in [-0.15, -0.1) is 23.7 Å². The summed E-state index contributed by atoms with van der Waals surface area (Å²) in [6.07, 6.45) is 2.81. The Balaban J connectivity index is 0.000000980. The summed E-state index contributed by atoms with van der Waals surface area (Å²) in [6.45, 7) is 0.933. The monoisotopic (exact) mass is 233 g/mol. The van der Waals surface area contributed by atoms with Crippen molar-refractivity contribution in [1.82, 2.24) is 9.88 Å². The molecule has 2 heterocycles. The predicted octanol–water partition coefficient (Wildman–Crippen LogP) is 0.298. The summed E-state index contributed by atoms with van der Waals surface area (Å²) in [6, 6.07) is -0.0397. The minimum Gasteiger partial charge on any atom is -0.327 e. The zero-order valence-electron chi connectivity index (χ0n) is 7.77. The van der Waals surface area contributed by atoms with Crippen molar-refractivity contribution >= 4 is 29.7 Å². The molecular formula is C8H12ClN3OS. The Labute approximate surface area is 92.1 Å². The van der Waals surface area contributed by atoms with Crippen LogP contribution >= 0.6 is 23.7 Å². The van der Waals surface area contributed by atoms with E-state index >= 15 is 0 Å². The molecule has 1 atom stereocenters. The third kappa shape index (κ3) is 2.23. The number of carbonyl (C=O) groups is 1. The van der Waals surface area contributed by atoms with Crippen LogP contribution in [0.1, 0.15) is 6.42 Å². The summed E-state index contributed by atoms with van der Waals surface area (Å²) in [5, 5.41) is 4.95. The lowest BCUT2D eigenvalue weighted by Gasteiger charge is -2.23. The predicted molar refractivity (Wildman–Crippen MR) is 57.5 cm³/mol. The number of rotatable bonds is 1. The molecule has 0 unspecified atom stereocenters. The molecule has 1 aliphatic rings. The lowest BCUT2D eigenvalue weighted by Crippen LogP contribution is -2.48. The molecule has 1 aliphatic heterocycles. The lowest BCUT2D eigenvalue weighted by atomic mass is 10.1. The number of amides is 1. The molecule has 1 amide bonds. The number of thiazole rings is 1. The Morgan fingerprint density at radius 1 is 1.79 bits per heavy atom. The van der Waals surface area contributed by atoms with Gasteiger partial charge in [0.05, 0.1) is 6.04 Å². The second kappa shape index (κ2) is 4.72. The van der Waals surface area contributed by atoms with Crippen LogP contribution in [0.25, 0.3) is 0 Å². The van der Waals surface area contributed by atoms with Crippen molar-refractivity contribution in [3.05, 3.63) is 16.4 Å². The van der Waals surface area contributed by atoms with Gasteiger partial charge in [-0.3, -0.25) is 4.79 Å². The maximum absolute atomic E-state index is 11.4. The maximum atomic E-state index is 11.4. The lowest BCUT2D eigenvalue weighted by molar-refractivity contribution is -0.121. The molecule has 0 spiro atoms. The topological polar surface area (TPSA) is 46.4 Å². The summed E-state index contributed by atoms with van der Waals surface area (Å²) in [7, 11) is 1.89. The molecule has 0 bridgehead atoms. The van der Waals surface area contributed by atoms with Crippen LogP contribution in [0.5, 0.6) is 0 Å². The zero-order valence-corrected chi connectivity index (χ0v) is 9.40. The first kappa shape index (κ1) is 11.4. The molecule has 1 N–H and O–H groups in total. The highest BCUT2D eigenvalue weighted by atomic mass is 35.5. The highest BCUT2D eigenvalue weighted by Gasteiger charge is 2.23. The van der Waals surface area contributed by atoms with Crippen LogP contribution in [0.4, 0.5) is 0 Å². The van der Waals surface area contributed by atoms with Gasteiger partial charge in [-0.05, 0) is 13.0 Å². The summed E-state index contributed by atoms with van der Waals surface area (Å²) >= 11 is 1.48. The molecule has 0 radical (unpaired) electrons. The number of aryl methyl sites for hydroxylation is 1. The van der Waals surface area contributed by atoms with E-state index in [0.717, 1.165) is 17.8 Å². The molecule has 1 aromatic rings. The molecule has 1 fully saturated rings. The number of hydrogen-bond acceptors (Lipinski definition) is 3. The van der Waals surface area contributed by atoms with Gasteiger partial charge in [0.2, 0.25) is 0 Å². The van der Waals surface area contributed by atoms with Crippen molar-refractivity contribution in [2.45, 2.75) is 12.5 Å². The number of halogens is 1. The van der Waals surface area contributed by atoms with Gasteiger partial charge >= 0.3 is 0 Å². The molecular weight excluding hydrogens is 222 g/mol. The number of nitrogens with one attached hydrogen (secondary N) is 1. The number of hydrogen-bond donors (Lipinski definition) is 1. The largest absolute Gasteiger partial charge is 0.327 e. The summed E-state index contributed by atoms with van der Waals surface area (Å²) < 4.78 is 1.85. The van der Waals surface area contributed by atoms with Gasteiger partial charge in [0.15, 0.2) is 4.80 Å². The van der Waals surface area contributed by atoms with Gasteiger partial charge < -0.3 is 9.88 Å². The molecule has 4 nitrogen and oxygen atoms in total. The Kier molecular flexibility index (Phi) is 3.86. The van der Waals surface area contributed by atoms with Crippen LogP contribution in [0, 0.1) is 0 Å². The molecule has 1 saturated heterocycles. The molecule has 0 aromatic carbocycles. The van der Waals surface area contributed by atoms with Gasteiger partial charge in [-0.1, -0.05) is 0 Å². The van der Waals surface area contributed by atoms with E-state index in [0.29, 0.717) is 0 Å². The van der Waals surface area contributed by atoms with E-state index in [1.165, 1.54) is 11.3 Å². The summed E-state index contributed by atoms with van der Waals surface area (Å²) in [5.41, 5.74) is 0. The van der Waals surface area contributed by atoms with Crippen molar-refractivity contribution in [3.8, 4) is 0 Å². The first-order valence-electron chi connectivity index (χ1n) is 4.19. The third-order valence-corrected chi connectivity index (χ3v) is 2.94. The van der Waals surface area contributed by atoms with Crippen LogP contribution < -0.4 is 10.1 Å². The van der Waals surface area contributed by atoms with Crippen molar-refractivity contribution in [2.24, 2.45) is 12.0 Å². The smallest absolute Gasteiger partial charge is 0.265 e. The fourth-order valence-corrected chi connectivity index (χ4v) is 1.84. The van der Waals surface area contributed by atoms with Gasteiger partial charge in [0.25, 0.3) is 5.91 Å². The van der Waals surface area contributed by atoms with Crippen LogP contribution in [0.3, 0.4) is 0 Å². The second-order valence-electron chi connectivity index (χ2n) is 3.04. The number of aromatic nitrogens is 1. The van der Waals surface area contributed by atoms with Crippen molar-refractivity contribution in [2.75, 3.05) is 6.54 Å². The molecule has 0 aliphatic carbocycles. The zero-order chi connectivity index (χ0) is 9.26. The summed E-state index contributed by atoms with van der Waals surface area (Å²) in [4.78, 5) is 16.2. The minimum atomic E-state index is -0.0516. The van der Waals surface area contributed by atoms with E-state index in [9.17, 15) is 4.79 Å². The van der Waals surface area contributed by atoms with Gasteiger partial charge in [0, 0.05) is 18.6 Å². The van der Waals surface area contributed by atoms with Crippen molar-refractivity contribution in [1.29, 1.82) is 0 Å². The van der Waals surface area contributed by atoms with E-state index in [-0.39, 0.29) is 24.4 Å². The number of nitrogens with zero attached hydrogens (tertiary/aromatic N) is 2. The Bertz CT molecular complexity index is 380. The van der Waals surface area contributed by atoms with E-state index in [2.05, 4.69) is 10.3 Å². The maximum Gasteiger partial charge on any atom is 0.265 e. The molecule has 1 aromatic heterocycles. The normalized spacial score (nSPS) is 21.2. The van der Waals surface area contributed by atoms with Crippen molar-refractivity contribution in [3.63, 3.8) is 0 Å². The van der Waals surface area contributed by atoms with E-state index in [1.54, 1.807) is 0 Å². The van der Waals surface area contributed by atoms with Gasteiger partial charge in [0.1, 0.15) is 0 Å². The standard InChI is InChI=1S/C8H11N3OS.ClH/c1-11-4-5-13-8(11)10-7(12)6-2-3-9-6;/h4-6,9H,2-3H2,1H3;1H/t6-;/m1./s1. The molecule has 6 heteroatoms. The molecule has 78 valence electrons. The van der Waals surface area contributed by atoms with Crippen molar-refractivity contribution < 1.29 is 4.79 Å². The summed E-state index contributed by atoms with van der Waals surface area (Å²) in [5.74, 6) is -0.0516. The second-order valence-corrected chi connectivity index (χ2v) is 3.91. The first-order valence-corrected chi connectivity index (χ1v) is 5.07. The van der Waals surface area contributed by atoms with Crippen LogP contribution in [-0.4, -0.2) is 23.1 Å². The van der Waals surface area contributed by atoms with Crippen LogP contribution in [0.2, 0.25) is 0 Å². The Hall–Kier alpha value is -0.650. The van der Waals surface area contributed by atoms with E-state index in [4.69, 9.17) is 0 Å². The fourth-order valence-electron chi connectivity index (χ4n) is 1.11. The van der Waals surface area contributed by atoms with E-state index < -0.39 is 0 Å². The van der Waals surface area contributed by atoms with E-state index in [1.807, 2.05) is 23.2 Å². The van der Waals surface area contributed by atoms with Crippen LogP contribution in [0.15, 0.2) is 16.6 Å². The molecule has 0 saturated carbocycles. The highest BCUT2D eigenvalue weighted by molar-refractivity contribution is 7.07. The van der Waals surface area contributed by atoms with Gasteiger partial charge in [-0.2, -0.15) is 4.99 Å². The Morgan fingerprint density at radius 2 is 2.50 bits per heavy atom. The number of carbonyl (C=O) groups excluding carboxylic acids is 1. The highest BCUT2D eigenvalue weighted by Crippen LogP contribution is 2.03. The average molecular weight is 234 g/mol.